The molecule has 0 fully saturated rings. The highest BCUT2D eigenvalue weighted by atomic mass is 32.2. The van der Waals surface area contributed by atoms with Gasteiger partial charge in [-0.2, -0.15) is 11.8 Å². The highest BCUT2D eigenvalue weighted by Crippen LogP contribution is 2.25. The molecule has 0 N–H and O–H groups in total. The minimum atomic E-state index is 1.09. The van der Waals surface area contributed by atoms with Crippen molar-refractivity contribution in [3.63, 3.8) is 0 Å². The van der Waals surface area contributed by atoms with Gasteiger partial charge in [0, 0.05) is 5.75 Å². The predicted molar refractivity (Wildman–Crippen MR) is 78.6 cm³/mol. The van der Waals surface area contributed by atoms with Gasteiger partial charge < -0.3 is 0 Å². The second-order valence-electron chi connectivity index (χ2n) is 4.45. The zero-order valence-electron chi connectivity index (χ0n) is 10.7. The summed E-state index contributed by atoms with van der Waals surface area (Å²) in [6.45, 7) is 4.32. The lowest BCUT2D eigenvalue weighted by atomic mass is 9.98. The van der Waals surface area contributed by atoms with Crippen LogP contribution in [-0.4, -0.2) is 6.26 Å². The van der Waals surface area contributed by atoms with E-state index >= 15 is 0 Å². The Kier molecular flexibility index (Phi) is 3.90. The first kappa shape index (κ1) is 12.3. The molecule has 0 amide bonds. The lowest BCUT2D eigenvalue weighted by Gasteiger charge is -2.08. The molecule has 0 atom stereocenters. The molecule has 0 spiro atoms. The Morgan fingerprint density at radius 3 is 2.29 bits per heavy atom. The summed E-state index contributed by atoms with van der Waals surface area (Å²) in [4.78, 5) is 0. The first-order valence-corrected chi connectivity index (χ1v) is 7.25. The summed E-state index contributed by atoms with van der Waals surface area (Å²) in [6.07, 6.45) is 2.14. The van der Waals surface area contributed by atoms with Crippen LogP contribution in [-0.2, 0) is 5.75 Å². The van der Waals surface area contributed by atoms with Crippen LogP contribution in [0.3, 0.4) is 0 Å². The molecular formula is C16H18S. The third-order valence-electron chi connectivity index (χ3n) is 2.97. The maximum Gasteiger partial charge on any atom is 0.0181 e. The van der Waals surface area contributed by atoms with Gasteiger partial charge in [0.05, 0.1) is 0 Å². The molecule has 0 aliphatic carbocycles. The third kappa shape index (κ3) is 2.92. The van der Waals surface area contributed by atoms with Crippen molar-refractivity contribution in [1.29, 1.82) is 0 Å². The van der Waals surface area contributed by atoms with Crippen LogP contribution >= 0.6 is 11.8 Å². The highest BCUT2D eigenvalue weighted by Gasteiger charge is 2.02. The molecule has 2 aromatic rings. The molecule has 0 saturated carbocycles. The van der Waals surface area contributed by atoms with Crippen LogP contribution in [0.5, 0.6) is 0 Å². The van der Waals surface area contributed by atoms with E-state index in [4.69, 9.17) is 0 Å². The van der Waals surface area contributed by atoms with E-state index in [0.29, 0.717) is 0 Å². The largest absolute Gasteiger partial charge is 0.161 e. The molecule has 0 radical (unpaired) electrons. The minimum absolute atomic E-state index is 1.09. The van der Waals surface area contributed by atoms with Crippen LogP contribution in [0.1, 0.15) is 16.7 Å². The van der Waals surface area contributed by atoms with Gasteiger partial charge in [-0.1, -0.05) is 48.0 Å². The fourth-order valence-corrected chi connectivity index (χ4v) is 2.52. The lowest BCUT2D eigenvalue weighted by molar-refractivity contribution is 1.37. The number of rotatable bonds is 3. The number of thioether (sulfide) groups is 1. The van der Waals surface area contributed by atoms with Crippen LogP contribution < -0.4 is 0 Å². The quantitative estimate of drug-likeness (QED) is 0.742. The molecule has 0 nitrogen and oxygen atoms in total. The standard InChI is InChI=1S/C16H18S/c1-12-4-5-13(2)16(10-12)15-8-6-14(7-9-15)11-17-3/h4-10H,11H2,1-3H3. The summed E-state index contributed by atoms with van der Waals surface area (Å²) in [5, 5.41) is 0. The molecule has 0 aliphatic rings. The van der Waals surface area contributed by atoms with Crippen molar-refractivity contribution in [3.8, 4) is 11.1 Å². The second kappa shape index (κ2) is 5.42. The van der Waals surface area contributed by atoms with Gasteiger partial charge in [-0.05, 0) is 42.4 Å². The first-order chi connectivity index (χ1) is 8.20. The van der Waals surface area contributed by atoms with E-state index in [1.165, 1.54) is 27.8 Å². The zero-order valence-corrected chi connectivity index (χ0v) is 11.5. The van der Waals surface area contributed by atoms with Gasteiger partial charge in [-0.25, -0.2) is 0 Å². The summed E-state index contributed by atoms with van der Waals surface area (Å²) >= 11 is 1.86. The van der Waals surface area contributed by atoms with Crippen molar-refractivity contribution in [1.82, 2.24) is 0 Å². The fourth-order valence-electron chi connectivity index (χ4n) is 1.99. The van der Waals surface area contributed by atoms with Crippen molar-refractivity contribution in [2.24, 2.45) is 0 Å². The summed E-state index contributed by atoms with van der Waals surface area (Å²) in [5.41, 5.74) is 6.72. The van der Waals surface area contributed by atoms with Crippen molar-refractivity contribution in [2.45, 2.75) is 19.6 Å². The van der Waals surface area contributed by atoms with Crippen LogP contribution in [0.25, 0.3) is 11.1 Å². The Bertz CT molecular complexity index is 497. The normalized spacial score (nSPS) is 10.5. The van der Waals surface area contributed by atoms with Gasteiger partial charge in [0.25, 0.3) is 0 Å². The van der Waals surface area contributed by atoms with E-state index in [1.54, 1.807) is 0 Å². The molecule has 2 aromatic carbocycles. The van der Waals surface area contributed by atoms with Gasteiger partial charge in [0.1, 0.15) is 0 Å². The smallest absolute Gasteiger partial charge is 0.0181 e. The Balaban J connectivity index is 2.36. The highest BCUT2D eigenvalue weighted by molar-refractivity contribution is 7.97. The van der Waals surface area contributed by atoms with E-state index in [1.807, 2.05) is 11.8 Å². The molecule has 17 heavy (non-hydrogen) atoms. The second-order valence-corrected chi connectivity index (χ2v) is 5.31. The topological polar surface area (TPSA) is 0 Å². The van der Waals surface area contributed by atoms with Crippen molar-refractivity contribution >= 4 is 11.8 Å². The summed E-state index contributed by atoms with van der Waals surface area (Å²) in [7, 11) is 0. The fraction of sp³-hybridized carbons (Fsp3) is 0.250. The SMILES string of the molecule is CSCc1ccc(-c2cc(C)ccc2C)cc1. The van der Waals surface area contributed by atoms with Gasteiger partial charge in [-0.3, -0.25) is 0 Å². The summed E-state index contributed by atoms with van der Waals surface area (Å²) < 4.78 is 0. The van der Waals surface area contributed by atoms with Gasteiger partial charge in [0.15, 0.2) is 0 Å². The number of hydrogen-bond acceptors (Lipinski definition) is 1. The number of aryl methyl sites for hydroxylation is 2. The monoisotopic (exact) mass is 242 g/mol. The molecule has 88 valence electrons. The van der Waals surface area contributed by atoms with E-state index in [2.05, 4.69) is 62.6 Å². The molecule has 0 heterocycles. The molecule has 0 unspecified atom stereocenters. The van der Waals surface area contributed by atoms with Gasteiger partial charge in [-0.15, -0.1) is 0 Å². The van der Waals surface area contributed by atoms with Crippen LogP contribution in [0.2, 0.25) is 0 Å². The van der Waals surface area contributed by atoms with E-state index in [0.717, 1.165) is 5.75 Å². The molecule has 0 aromatic heterocycles. The summed E-state index contributed by atoms with van der Waals surface area (Å²) in [6, 6.07) is 15.5. The van der Waals surface area contributed by atoms with Crippen molar-refractivity contribution < 1.29 is 0 Å². The number of benzene rings is 2. The summed E-state index contributed by atoms with van der Waals surface area (Å²) in [5.74, 6) is 1.09. The Labute approximate surface area is 108 Å². The average Bonchev–Trinajstić information content (AvgIpc) is 2.34. The van der Waals surface area contributed by atoms with Gasteiger partial charge in [0.2, 0.25) is 0 Å². The van der Waals surface area contributed by atoms with E-state index in [-0.39, 0.29) is 0 Å². The Hall–Kier alpha value is -1.21. The molecule has 1 heteroatoms. The van der Waals surface area contributed by atoms with Crippen molar-refractivity contribution in [2.75, 3.05) is 6.26 Å². The maximum atomic E-state index is 2.26. The molecular weight excluding hydrogens is 224 g/mol. The van der Waals surface area contributed by atoms with E-state index in [9.17, 15) is 0 Å². The molecule has 0 bridgehead atoms. The Morgan fingerprint density at radius 2 is 1.65 bits per heavy atom. The lowest BCUT2D eigenvalue weighted by Crippen LogP contribution is -1.86. The van der Waals surface area contributed by atoms with Crippen molar-refractivity contribution in [3.05, 3.63) is 59.2 Å². The van der Waals surface area contributed by atoms with Crippen LogP contribution in [0, 0.1) is 13.8 Å². The average molecular weight is 242 g/mol. The molecule has 2 rings (SSSR count). The maximum absolute atomic E-state index is 2.26. The molecule has 0 aliphatic heterocycles. The van der Waals surface area contributed by atoms with Gasteiger partial charge >= 0.3 is 0 Å². The zero-order chi connectivity index (χ0) is 12.3. The minimum Gasteiger partial charge on any atom is -0.161 e. The number of hydrogen-bond donors (Lipinski definition) is 0. The van der Waals surface area contributed by atoms with Crippen LogP contribution in [0.4, 0.5) is 0 Å². The third-order valence-corrected chi connectivity index (χ3v) is 3.59. The first-order valence-electron chi connectivity index (χ1n) is 5.86. The Morgan fingerprint density at radius 1 is 0.941 bits per heavy atom. The van der Waals surface area contributed by atoms with Crippen LogP contribution in [0.15, 0.2) is 42.5 Å². The van der Waals surface area contributed by atoms with E-state index < -0.39 is 0 Å². The molecule has 0 saturated heterocycles. The predicted octanol–water partition coefficient (Wildman–Crippen LogP) is 4.83.